The van der Waals surface area contributed by atoms with Crippen LogP contribution in [-0.2, 0) is 27.2 Å². The van der Waals surface area contributed by atoms with Crippen molar-refractivity contribution in [3.05, 3.63) is 65.5 Å². The van der Waals surface area contributed by atoms with E-state index in [1.807, 2.05) is 0 Å². The van der Waals surface area contributed by atoms with Crippen molar-refractivity contribution in [1.29, 1.82) is 0 Å². The number of nitrogens with one attached hydrogen (secondary N) is 1. The lowest BCUT2D eigenvalue weighted by Crippen LogP contribution is -2.37. The fourth-order valence-electron chi connectivity index (χ4n) is 2.33. The summed E-state index contributed by atoms with van der Waals surface area (Å²) in [5.74, 6) is -0.433. The number of ether oxygens (including phenoxy) is 2. The molecular formula is C20H22FNO4. The summed E-state index contributed by atoms with van der Waals surface area (Å²) in [6.45, 7) is 1.91. The van der Waals surface area contributed by atoms with Crippen LogP contribution < -0.4 is 10.1 Å². The lowest BCUT2D eigenvalue weighted by molar-refractivity contribution is -0.154. The number of rotatable bonds is 8. The summed E-state index contributed by atoms with van der Waals surface area (Å²) >= 11 is 0. The number of carbonyl (C=O) groups excluding carboxylic acids is 2. The van der Waals surface area contributed by atoms with Crippen molar-refractivity contribution < 1.29 is 23.5 Å². The monoisotopic (exact) mass is 359 g/mol. The Bertz CT molecular complexity index is 728. The van der Waals surface area contributed by atoms with E-state index in [4.69, 9.17) is 9.47 Å². The van der Waals surface area contributed by atoms with E-state index in [-0.39, 0.29) is 18.1 Å². The number of halogens is 1. The molecule has 0 saturated heterocycles. The van der Waals surface area contributed by atoms with Crippen LogP contribution in [0.3, 0.4) is 0 Å². The molecule has 2 aromatic rings. The lowest BCUT2D eigenvalue weighted by atomic mass is 10.1. The van der Waals surface area contributed by atoms with Gasteiger partial charge < -0.3 is 14.8 Å². The Morgan fingerprint density at radius 3 is 2.27 bits per heavy atom. The van der Waals surface area contributed by atoms with E-state index >= 15 is 0 Å². The van der Waals surface area contributed by atoms with Crippen LogP contribution in [0.15, 0.2) is 48.5 Å². The third-order valence-electron chi connectivity index (χ3n) is 3.81. The van der Waals surface area contributed by atoms with Crippen molar-refractivity contribution in [2.24, 2.45) is 0 Å². The van der Waals surface area contributed by atoms with E-state index in [2.05, 4.69) is 5.32 Å². The Morgan fingerprint density at radius 2 is 1.65 bits per heavy atom. The highest BCUT2D eigenvalue weighted by Gasteiger charge is 2.17. The van der Waals surface area contributed by atoms with Crippen molar-refractivity contribution in [2.75, 3.05) is 13.7 Å². The number of carbonyl (C=O) groups is 2. The molecule has 0 saturated carbocycles. The second-order valence-electron chi connectivity index (χ2n) is 5.82. The van der Waals surface area contributed by atoms with Gasteiger partial charge in [-0.15, -0.1) is 0 Å². The number of methoxy groups -OCH3 is 1. The summed E-state index contributed by atoms with van der Waals surface area (Å²) in [7, 11) is 1.57. The van der Waals surface area contributed by atoms with Gasteiger partial charge in [0.25, 0.3) is 5.91 Å². The minimum Gasteiger partial charge on any atom is -0.497 e. The molecule has 2 rings (SSSR count). The van der Waals surface area contributed by atoms with E-state index in [9.17, 15) is 14.0 Å². The van der Waals surface area contributed by atoms with Gasteiger partial charge in [0.15, 0.2) is 6.10 Å². The number of hydrogen-bond donors (Lipinski definition) is 1. The number of esters is 1. The Hall–Kier alpha value is -2.89. The molecule has 0 aliphatic rings. The molecule has 0 heterocycles. The van der Waals surface area contributed by atoms with Gasteiger partial charge in [0, 0.05) is 6.54 Å². The molecule has 1 atom stereocenters. The van der Waals surface area contributed by atoms with E-state index < -0.39 is 12.1 Å². The van der Waals surface area contributed by atoms with E-state index in [0.29, 0.717) is 18.7 Å². The smallest absolute Gasteiger partial charge is 0.311 e. The first-order chi connectivity index (χ1) is 12.5. The third-order valence-corrected chi connectivity index (χ3v) is 3.81. The van der Waals surface area contributed by atoms with Crippen LogP contribution in [0.5, 0.6) is 5.75 Å². The van der Waals surface area contributed by atoms with E-state index in [0.717, 1.165) is 11.1 Å². The van der Waals surface area contributed by atoms with Gasteiger partial charge in [0.1, 0.15) is 11.6 Å². The van der Waals surface area contributed by atoms with E-state index in [1.54, 1.807) is 43.5 Å². The minimum atomic E-state index is -0.881. The molecule has 0 unspecified atom stereocenters. The number of benzene rings is 2. The Kier molecular flexibility index (Phi) is 7.14. The topological polar surface area (TPSA) is 64.6 Å². The zero-order valence-electron chi connectivity index (χ0n) is 14.8. The molecule has 138 valence electrons. The largest absolute Gasteiger partial charge is 0.497 e. The molecule has 0 spiro atoms. The fraction of sp³-hybridized carbons (Fsp3) is 0.300. The van der Waals surface area contributed by atoms with Gasteiger partial charge >= 0.3 is 5.97 Å². The summed E-state index contributed by atoms with van der Waals surface area (Å²) in [6, 6.07) is 13.1. The predicted octanol–water partition coefficient (Wildman–Crippen LogP) is 2.67. The summed E-state index contributed by atoms with van der Waals surface area (Å²) in [4.78, 5) is 23.9. The quantitative estimate of drug-likeness (QED) is 0.736. The molecule has 2 aromatic carbocycles. The van der Waals surface area contributed by atoms with Gasteiger partial charge in [0.05, 0.1) is 13.5 Å². The van der Waals surface area contributed by atoms with Gasteiger partial charge in [-0.2, -0.15) is 0 Å². The van der Waals surface area contributed by atoms with Crippen molar-refractivity contribution in [1.82, 2.24) is 5.32 Å². The Morgan fingerprint density at radius 1 is 1.04 bits per heavy atom. The molecule has 0 aliphatic heterocycles. The van der Waals surface area contributed by atoms with Crippen molar-refractivity contribution >= 4 is 11.9 Å². The molecule has 0 radical (unpaired) electrons. The normalized spacial score (nSPS) is 11.5. The maximum Gasteiger partial charge on any atom is 0.311 e. The SMILES string of the molecule is COc1ccc(CC(=O)O[C@H](C)C(=O)NCCc2ccc(F)cc2)cc1. The standard InChI is InChI=1S/C20H22FNO4/c1-14(20(24)22-12-11-15-3-7-17(21)8-4-15)26-19(23)13-16-5-9-18(25-2)10-6-16/h3-10,14H,11-13H2,1-2H3,(H,22,24)/t14-/m1/s1. The van der Waals surface area contributed by atoms with Crippen molar-refractivity contribution in [3.8, 4) is 5.75 Å². The van der Waals surface area contributed by atoms with Crippen LogP contribution >= 0.6 is 0 Å². The van der Waals surface area contributed by atoms with Gasteiger partial charge in [-0.3, -0.25) is 9.59 Å². The molecule has 1 amide bonds. The van der Waals surface area contributed by atoms with Crippen molar-refractivity contribution in [3.63, 3.8) is 0 Å². The second-order valence-corrected chi connectivity index (χ2v) is 5.82. The summed E-state index contributed by atoms with van der Waals surface area (Å²) in [5.41, 5.74) is 1.69. The summed E-state index contributed by atoms with van der Waals surface area (Å²) in [5, 5.41) is 2.70. The molecule has 1 N–H and O–H groups in total. The Balaban J connectivity index is 1.72. The number of amides is 1. The van der Waals surface area contributed by atoms with Gasteiger partial charge in [-0.25, -0.2) is 4.39 Å². The summed E-state index contributed by atoms with van der Waals surface area (Å²) in [6.07, 6.45) is -0.232. The highest BCUT2D eigenvalue weighted by atomic mass is 19.1. The summed E-state index contributed by atoms with van der Waals surface area (Å²) < 4.78 is 23.1. The molecule has 26 heavy (non-hydrogen) atoms. The minimum absolute atomic E-state index is 0.0805. The second kappa shape index (κ2) is 9.56. The first-order valence-corrected chi connectivity index (χ1v) is 8.32. The van der Waals surface area contributed by atoms with Crippen LogP contribution in [-0.4, -0.2) is 31.6 Å². The molecule has 0 aliphatic carbocycles. The molecule has 0 aromatic heterocycles. The van der Waals surface area contributed by atoms with Crippen LogP contribution in [0.25, 0.3) is 0 Å². The highest BCUT2D eigenvalue weighted by molar-refractivity contribution is 5.83. The third kappa shape index (κ3) is 6.20. The zero-order valence-corrected chi connectivity index (χ0v) is 14.8. The first-order valence-electron chi connectivity index (χ1n) is 8.32. The number of hydrogen-bond acceptors (Lipinski definition) is 4. The molecule has 6 heteroatoms. The van der Waals surface area contributed by atoms with Crippen LogP contribution in [0, 0.1) is 5.82 Å². The zero-order chi connectivity index (χ0) is 18.9. The van der Waals surface area contributed by atoms with Crippen LogP contribution in [0.1, 0.15) is 18.1 Å². The van der Waals surface area contributed by atoms with Crippen LogP contribution in [0.4, 0.5) is 4.39 Å². The average molecular weight is 359 g/mol. The van der Waals surface area contributed by atoms with Gasteiger partial charge in [-0.1, -0.05) is 24.3 Å². The van der Waals surface area contributed by atoms with Gasteiger partial charge in [0.2, 0.25) is 0 Å². The average Bonchev–Trinajstić information content (AvgIpc) is 2.63. The van der Waals surface area contributed by atoms with Crippen LogP contribution in [0.2, 0.25) is 0 Å². The highest BCUT2D eigenvalue weighted by Crippen LogP contribution is 2.12. The first kappa shape index (κ1) is 19.4. The molecule has 5 nitrogen and oxygen atoms in total. The fourth-order valence-corrected chi connectivity index (χ4v) is 2.33. The van der Waals surface area contributed by atoms with Crippen molar-refractivity contribution in [2.45, 2.75) is 25.9 Å². The lowest BCUT2D eigenvalue weighted by Gasteiger charge is -2.13. The maximum atomic E-state index is 12.8. The molecule has 0 bridgehead atoms. The van der Waals surface area contributed by atoms with Gasteiger partial charge in [-0.05, 0) is 48.7 Å². The van der Waals surface area contributed by atoms with E-state index in [1.165, 1.54) is 19.1 Å². The Labute approximate surface area is 152 Å². The molecular weight excluding hydrogens is 337 g/mol. The molecule has 0 fully saturated rings. The maximum absolute atomic E-state index is 12.8. The predicted molar refractivity (Wildman–Crippen MR) is 95.4 cm³/mol.